The summed E-state index contributed by atoms with van der Waals surface area (Å²) >= 11 is 0. The Morgan fingerprint density at radius 1 is 1.37 bits per heavy atom. The van der Waals surface area contributed by atoms with Crippen LogP contribution in [0.15, 0.2) is 35.2 Å². The number of hydrogen-bond donors (Lipinski definition) is 1. The van der Waals surface area contributed by atoms with Gasteiger partial charge in [-0.15, -0.1) is 0 Å². The molecular weight excluding hydrogens is 244 g/mol. The number of aromatic nitrogens is 2. The molecule has 98 valence electrons. The van der Waals surface area contributed by atoms with Crippen LogP contribution in [-0.4, -0.2) is 23.3 Å². The maximum atomic E-state index is 8.52. The molecule has 0 saturated carbocycles. The van der Waals surface area contributed by atoms with Crippen LogP contribution in [0.2, 0.25) is 0 Å². The summed E-state index contributed by atoms with van der Waals surface area (Å²) in [7, 11) is 0. The van der Waals surface area contributed by atoms with Crippen molar-refractivity contribution < 1.29 is 9.26 Å². The predicted octanol–water partition coefficient (Wildman–Crippen LogP) is 1.30. The third-order valence-electron chi connectivity index (χ3n) is 2.51. The summed E-state index contributed by atoms with van der Waals surface area (Å²) < 4.78 is 10.0. The lowest BCUT2D eigenvalue weighted by molar-refractivity contribution is 0.362. The quantitative estimate of drug-likeness (QED) is 0.754. The number of benzene rings is 1. The van der Waals surface area contributed by atoms with Crippen molar-refractivity contribution in [3.8, 4) is 11.8 Å². The van der Waals surface area contributed by atoms with Gasteiger partial charge in [0.2, 0.25) is 6.39 Å². The molecule has 0 aliphatic carbocycles. The zero-order valence-electron chi connectivity index (χ0n) is 10.4. The van der Waals surface area contributed by atoms with Crippen molar-refractivity contribution in [1.29, 1.82) is 5.26 Å². The smallest absolute Gasteiger partial charge is 0.213 e. The van der Waals surface area contributed by atoms with Crippen LogP contribution in [0.5, 0.6) is 5.75 Å². The highest BCUT2D eigenvalue weighted by Crippen LogP contribution is 2.17. The molecule has 1 heterocycles. The van der Waals surface area contributed by atoms with Crippen LogP contribution >= 0.6 is 0 Å². The number of para-hydroxylation sites is 1. The molecule has 0 aliphatic heterocycles. The van der Waals surface area contributed by atoms with Gasteiger partial charge in [-0.1, -0.05) is 23.4 Å². The first-order valence-corrected chi connectivity index (χ1v) is 5.94. The number of hydrogen-bond acceptors (Lipinski definition) is 6. The van der Waals surface area contributed by atoms with Gasteiger partial charge < -0.3 is 14.6 Å². The van der Waals surface area contributed by atoms with Crippen LogP contribution < -0.4 is 10.1 Å². The Kier molecular flexibility index (Phi) is 4.90. The van der Waals surface area contributed by atoms with Crippen LogP contribution in [0.25, 0.3) is 0 Å². The van der Waals surface area contributed by atoms with Gasteiger partial charge in [-0.2, -0.15) is 10.2 Å². The third-order valence-corrected chi connectivity index (χ3v) is 2.51. The third kappa shape index (κ3) is 4.08. The average molecular weight is 258 g/mol. The SMILES string of the molecule is N#CCOc1ccccc1CNCCc1ncon1. The molecule has 0 fully saturated rings. The van der Waals surface area contributed by atoms with Gasteiger partial charge in [0, 0.05) is 25.1 Å². The van der Waals surface area contributed by atoms with E-state index in [2.05, 4.69) is 20.0 Å². The second-order valence-corrected chi connectivity index (χ2v) is 3.83. The van der Waals surface area contributed by atoms with Crippen molar-refractivity contribution in [2.45, 2.75) is 13.0 Å². The molecule has 0 amide bonds. The zero-order chi connectivity index (χ0) is 13.3. The first-order chi connectivity index (χ1) is 9.40. The normalized spacial score (nSPS) is 10.1. The van der Waals surface area contributed by atoms with Gasteiger partial charge in [0.05, 0.1) is 0 Å². The van der Waals surface area contributed by atoms with E-state index in [1.54, 1.807) is 0 Å². The summed E-state index contributed by atoms with van der Waals surface area (Å²) in [6, 6.07) is 9.61. The summed E-state index contributed by atoms with van der Waals surface area (Å²) in [5, 5.41) is 15.5. The van der Waals surface area contributed by atoms with Crippen molar-refractivity contribution in [3.05, 3.63) is 42.0 Å². The Labute approximate surface area is 111 Å². The molecule has 19 heavy (non-hydrogen) atoms. The van der Waals surface area contributed by atoms with Crippen LogP contribution in [0.1, 0.15) is 11.4 Å². The molecule has 0 bridgehead atoms. The minimum Gasteiger partial charge on any atom is -0.478 e. The number of nitrogens with one attached hydrogen (secondary N) is 1. The monoisotopic (exact) mass is 258 g/mol. The van der Waals surface area contributed by atoms with Crippen LogP contribution in [-0.2, 0) is 13.0 Å². The van der Waals surface area contributed by atoms with Crippen LogP contribution in [0.3, 0.4) is 0 Å². The average Bonchev–Trinajstić information content (AvgIpc) is 2.95. The predicted molar refractivity (Wildman–Crippen MR) is 67.3 cm³/mol. The Morgan fingerprint density at radius 2 is 2.26 bits per heavy atom. The van der Waals surface area contributed by atoms with Gasteiger partial charge >= 0.3 is 0 Å². The van der Waals surface area contributed by atoms with Crippen molar-refractivity contribution in [3.63, 3.8) is 0 Å². The topological polar surface area (TPSA) is 84.0 Å². The largest absolute Gasteiger partial charge is 0.478 e. The van der Waals surface area contributed by atoms with E-state index in [4.69, 9.17) is 10.00 Å². The van der Waals surface area contributed by atoms with E-state index in [1.165, 1.54) is 6.39 Å². The van der Waals surface area contributed by atoms with Gasteiger partial charge in [0.1, 0.15) is 11.8 Å². The van der Waals surface area contributed by atoms with E-state index in [0.717, 1.165) is 17.9 Å². The molecular formula is C13H14N4O2. The van der Waals surface area contributed by atoms with Gasteiger partial charge in [-0.05, 0) is 6.07 Å². The minimum absolute atomic E-state index is 0.0554. The molecule has 0 aliphatic rings. The molecule has 1 N–H and O–H groups in total. The molecule has 1 aromatic heterocycles. The van der Waals surface area contributed by atoms with Crippen molar-refractivity contribution in [2.24, 2.45) is 0 Å². The molecule has 0 radical (unpaired) electrons. The van der Waals surface area contributed by atoms with Gasteiger partial charge in [0.25, 0.3) is 0 Å². The van der Waals surface area contributed by atoms with E-state index in [-0.39, 0.29) is 6.61 Å². The lowest BCUT2D eigenvalue weighted by Crippen LogP contribution is -2.17. The maximum absolute atomic E-state index is 8.52. The minimum atomic E-state index is 0.0554. The summed E-state index contributed by atoms with van der Waals surface area (Å²) in [5.41, 5.74) is 1.02. The van der Waals surface area contributed by atoms with E-state index >= 15 is 0 Å². The molecule has 0 atom stereocenters. The Bertz CT molecular complexity index is 534. The van der Waals surface area contributed by atoms with Crippen LogP contribution in [0, 0.1) is 11.3 Å². The van der Waals surface area contributed by atoms with Crippen molar-refractivity contribution in [1.82, 2.24) is 15.5 Å². The second-order valence-electron chi connectivity index (χ2n) is 3.83. The van der Waals surface area contributed by atoms with Gasteiger partial charge in [-0.3, -0.25) is 0 Å². The molecule has 2 aromatic rings. The Morgan fingerprint density at radius 3 is 3.05 bits per heavy atom. The fourth-order valence-electron chi connectivity index (χ4n) is 1.63. The fraction of sp³-hybridized carbons (Fsp3) is 0.308. The second kappa shape index (κ2) is 7.13. The number of rotatable bonds is 7. The maximum Gasteiger partial charge on any atom is 0.213 e. The molecule has 0 unspecified atom stereocenters. The Hall–Kier alpha value is -2.39. The Balaban J connectivity index is 1.80. The first-order valence-electron chi connectivity index (χ1n) is 5.94. The fourth-order valence-corrected chi connectivity index (χ4v) is 1.63. The summed E-state index contributed by atoms with van der Waals surface area (Å²) in [6.45, 7) is 1.46. The van der Waals surface area contributed by atoms with E-state index < -0.39 is 0 Å². The number of ether oxygens (including phenoxy) is 1. The molecule has 0 saturated heterocycles. The summed E-state index contributed by atoms with van der Waals surface area (Å²) in [5.74, 6) is 1.41. The highest BCUT2D eigenvalue weighted by molar-refractivity contribution is 5.33. The molecule has 2 rings (SSSR count). The lowest BCUT2D eigenvalue weighted by Gasteiger charge is -2.09. The number of nitriles is 1. The summed E-state index contributed by atoms with van der Waals surface area (Å²) in [6.07, 6.45) is 2.03. The van der Waals surface area contributed by atoms with Crippen molar-refractivity contribution in [2.75, 3.05) is 13.2 Å². The number of nitrogens with zero attached hydrogens (tertiary/aromatic N) is 3. The lowest BCUT2D eigenvalue weighted by atomic mass is 10.2. The van der Waals surface area contributed by atoms with E-state index in [1.807, 2.05) is 30.3 Å². The highest BCUT2D eigenvalue weighted by Gasteiger charge is 2.03. The van der Waals surface area contributed by atoms with E-state index in [9.17, 15) is 0 Å². The van der Waals surface area contributed by atoms with Gasteiger partial charge in [-0.25, -0.2) is 0 Å². The van der Waals surface area contributed by atoms with Gasteiger partial charge in [0.15, 0.2) is 12.4 Å². The molecule has 6 nitrogen and oxygen atoms in total. The standard InChI is InChI=1S/C13H14N4O2/c14-6-8-18-12-4-2-1-3-11(12)9-15-7-5-13-16-10-19-17-13/h1-4,10,15H,5,7-9H2. The van der Waals surface area contributed by atoms with E-state index in [0.29, 0.717) is 18.8 Å². The molecule has 6 heteroatoms. The zero-order valence-corrected chi connectivity index (χ0v) is 10.4. The molecule has 1 aromatic carbocycles. The van der Waals surface area contributed by atoms with Crippen LogP contribution in [0.4, 0.5) is 0 Å². The summed E-state index contributed by atoms with van der Waals surface area (Å²) in [4.78, 5) is 3.94. The highest BCUT2D eigenvalue weighted by atomic mass is 16.5. The molecule has 0 spiro atoms. The van der Waals surface area contributed by atoms with Crippen molar-refractivity contribution >= 4 is 0 Å². The first kappa shape index (κ1) is 13.1.